The SMILES string of the molecule is CC(N)c1ccc2c(C(C)(C)C)noc2c1. The summed E-state index contributed by atoms with van der Waals surface area (Å²) in [5.41, 5.74) is 8.73. The van der Waals surface area contributed by atoms with Crippen LogP contribution in [0.15, 0.2) is 22.7 Å². The summed E-state index contributed by atoms with van der Waals surface area (Å²) < 4.78 is 5.36. The van der Waals surface area contributed by atoms with Crippen LogP contribution >= 0.6 is 0 Å². The summed E-state index contributed by atoms with van der Waals surface area (Å²) in [5.74, 6) is 0. The first-order valence-corrected chi connectivity index (χ1v) is 5.55. The van der Waals surface area contributed by atoms with E-state index in [0.717, 1.165) is 22.2 Å². The van der Waals surface area contributed by atoms with Gasteiger partial charge in [-0.05, 0) is 24.6 Å². The zero-order valence-corrected chi connectivity index (χ0v) is 10.2. The Morgan fingerprint density at radius 2 is 2.00 bits per heavy atom. The molecule has 0 amide bonds. The molecular weight excluding hydrogens is 200 g/mol. The van der Waals surface area contributed by atoms with E-state index in [9.17, 15) is 0 Å². The summed E-state index contributed by atoms with van der Waals surface area (Å²) in [6.45, 7) is 8.35. The van der Waals surface area contributed by atoms with Gasteiger partial charge in [0, 0.05) is 16.8 Å². The molecule has 3 heteroatoms. The molecule has 86 valence electrons. The fourth-order valence-electron chi connectivity index (χ4n) is 1.78. The molecule has 2 rings (SSSR count). The van der Waals surface area contributed by atoms with Gasteiger partial charge in [0.05, 0.1) is 5.69 Å². The highest BCUT2D eigenvalue weighted by atomic mass is 16.5. The molecule has 16 heavy (non-hydrogen) atoms. The van der Waals surface area contributed by atoms with Crippen molar-refractivity contribution in [3.63, 3.8) is 0 Å². The van der Waals surface area contributed by atoms with Crippen molar-refractivity contribution in [1.82, 2.24) is 5.16 Å². The topological polar surface area (TPSA) is 52.0 Å². The van der Waals surface area contributed by atoms with E-state index in [0.29, 0.717) is 0 Å². The van der Waals surface area contributed by atoms with Crippen LogP contribution in [0.1, 0.15) is 45.0 Å². The van der Waals surface area contributed by atoms with E-state index >= 15 is 0 Å². The van der Waals surface area contributed by atoms with Crippen LogP contribution in [0.25, 0.3) is 11.0 Å². The molecule has 0 fully saturated rings. The molecule has 0 saturated heterocycles. The number of hydrogen-bond acceptors (Lipinski definition) is 3. The summed E-state index contributed by atoms with van der Waals surface area (Å²) in [5, 5.41) is 5.23. The lowest BCUT2D eigenvalue weighted by atomic mass is 9.89. The molecule has 0 bridgehead atoms. The fourth-order valence-corrected chi connectivity index (χ4v) is 1.78. The molecule has 3 nitrogen and oxygen atoms in total. The van der Waals surface area contributed by atoms with Crippen LogP contribution < -0.4 is 5.73 Å². The summed E-state index contributed by atoms with van der Waals surface area (Å²) >= 11 is 0. The predicted octanol–water partition coefficient (Wildman–Crippen LogP) is 3.15. The van der Waals surface area contributed by atoms with E-state index in [1.165, 1.54) is 0 Å². The van der Waals surface area contributed by atoms with Crippen LogP contribution in [-0.4, -0.2) is 5.16 Å². The minimum absolute atomic E-state index is 0.00109. The van der Waals surface area contributed by atoms with Crippen LogP contribution in [0.2, 0.25) is 0 Å². The summed E-state index contributed by atoms with van der Waals surface area (Å²) in [7, 11) is 0. The normalized spacial score (nSPS) is 14.3. The van der Waals surface area contributed by atoms with E-state index in [1.807, 2.05) is 25.1 Å². The lowest BCUT2D eigenvalue weighted by Gasteiger charge is -2.14. The van der Waals surface area contributed by atoms with E-state index < -0.39 is 0 Å². The smallest absolute Gasteiger partial charge is 0.167 e. The van der Waals surface area contributed by atoms with E-state index in [4.69, 9.17) is 10.3 Å². The van der Waals surface area contributed by atoms with Gasteiger partial charge >= 0.3 is 0 Å². The number of nitrogens with zero attached hydrogens (tertiary/aromatic N) is 1. The standard InChI is InChI=1S/C13H18N2O/c1-8(14)9-5-6-10-11(7-9)16-15-12(10)13(2,3)4/h5-8H,14H2,1-4H3. The Kier molecular flexibility index (Phi) is 2.50. The third-order valence-corrected chi connectivity index (χ3v) is 2.73. The quantitative estimate of drug-likeness (QED) is 0.800. The molecule has 1 heterocycles. The average molecular weight is 218 g/mol. The maximum Gasteiger partial charge on any atom is 0.167 e. The Hall–Kier alpha value is -1.35. The average Bonchev–Trinajstić information content (AvgIpc) is 2.58. The van der Waals surface area contributed by atoms with Crippen LogP contribution in [0.4, 0.5) is 0 Å². The predicted molar refractivity (Wildman–Crippen MR) is 65.3 cm³/mol. The largest absolute Gasteiger partial charge is 0.356 e. The second kappa shape index (κ2) is 3.59. The van der Waals surface area contributed by atoms with Gasteiger partial charge in [-0.15, -0.1) is 0 Å². The van der Waals surface area contributed by atoms with Crippen molar-refractivity contribution in [1.29, 1.82) is 0 Å². The van der Waals surface area contributed by atoms with Crippen LogP contribution in [-0.2, 0) is 5.41 Å². The number of hydrogen-bond donors (Lipinski definition) is 1. The van der Waals surface area contributed by atoms with Crippen molar-refractivity contribution in [3.8, 4) is 0 Å². The summed E-state index contributed by atoms with van der Waals surface area (Å²) in [6, 6.07) is 6.08. The van der Waals surface area contributed by atoms with Crippen LogP contribution in [0.5, 0.6) is 0 Å². The molecule has 0 radical (unpaired) electrons. The van der Waals surface area contributed by atoms with Crippen LogP contribution in [0.3, 0.4) is 0 Å². The molecule has 0 aliphatic rings. The Bertz CT molecular complexity index is 506. The van der Waals surface area contributed by atoms with E-state index in [-0.39, 0.29) is 11.5 Å². The van der Waals surface area contributed by atoms with Gasteiger partial charge in [0.25, 0.3) is 0 Å². The molecule has 0 aliphatic carbocycles. The fraction of sp³-hybridized carbons (Fsp3) is 0.462. The molecule has 0 aliphatic heterocycles. The lowest BCUT2D eigenvalue weighted by molar-refractivity contribution is 0.419. The van der Waals surface area contributed by atoms with Gasteiger partial charge in [-0.2, -0.15) is 0 Å². The molecule has 0 spiro atoms. The second-order valence-electron chi connectivity index (χ2n) is 5.33. The molecule has 0 saturated carbocycles. The zero-order valence-electron chi connectivity index (χ0n) is 10.2. The van der Waals surface area contributed by atoms with Gasteiger partial charge in [-0.25, -0.2) is 0 Å². The van der Waals surface area contributed by atoms with Crippen molar-refractivity contribution in [2.45, 2.75) is 39.2 Å². The minimum Gasteiger partial charge on any atom is -0.356 e. The number of rotatable bonds is 1. The molecule has 1 aromatic carbocycles. The number of benzene rings is 1. The van der Waals surface area contributed by atoms with E-state index in [2.05, 4.69) is 25.9 Å². The Balaban J connectivity index is 2.59. The van der Waals surface area contributed by atoms with E-state index in [1.54, 1.807) is 0 Å². The molecule has 2 aromatic rings. The Morgan fingerprint density at radius 1 is 1.31 bits per heavy atom. The third-order valence-electron chi connectivity index (χ3n) is 2.73. The van der Waals surface area contributed by atoms with Gasteiger partial charge in [0.15, 0.2) is 5.58 Å². The van der Waals surface area contributed by atoms with Crippen molar-refractivity contribution in [2.75, 3.05) is 0 Å². The van der Waals surface area contributed by atoms with Crippen molar-refractivity contribution >= 4 is 11.0 Å². The second-order valence-corrected chi connectivity index (χ2v) is 5.33. The monoisotopic (exact) mass is 218 g/mol. The first kappa shape index (κ1) is 11.1. The minimum atomic E-state index is 0.00109. The van der Waals surface area contributed by atoms with Crippen molar-refractivity contribution in [3.05, 3.63) is 29.5 Å². The molecule has 1 aromatic heterocycles. The third kappa shape index (κ3) is 1.83. The number of nitrogens with two attached hydrogens (primary N) is 1. The zero-order chi connectivity index (χ0) is 11.9. The molecular formula is C13H18N2O. The van der Waals surface area contributed by atoms with Gasteiger partial charge < -0.3 is 10.3 Å². The van der Waals surface area contributed by atoms with Gasteiger partial charge in [0.1, 0.15) is 0 Å². The van der Waals surface area contributed by atoms with Crippen molar-refractivity contribution in [2.24, 2.45) is 5.73 Å². The highest BCUT2D eigenvalue weighted by Crippen LogP contribution is 2.30. The highest BCUT2D eigenvalue weighted by Gasteiger charge is 2.21. The first-order valence-electron chi connectivity index (χ1n) is 5.55. The molecule has 1 atom stereocenters. The first-order chi connectivity index (χ1) is 7.39. The van der Waals surface area contributed by atoms with Gasteiger partial charge in [-0.3, -0.25) is 0 Å². The lowest BCUT2D eigenvalue weighted by Crippen LogP contribution is -2.11. The number of aromatic nitrogens is 1. The Morgan fingerprint density at radius 3 is 2.56 bits per heavy atom. The molecule has 1 unspecified atom stereocenters. The highest BCUT2D eigenvalue weighted by molar-refractivity contribution is 5.81. The number of fused-ring (bicyclic) bond motifs is 1. The summed E-state index contributed by atoms with van der Waals surface area (Å²) in [6.07, 6.45) is 0. The van der Waals surface area contributed by atoms with Gasteiger partial charge in [-0.1, -0.05) is 32.0 Å². The van der Waals surface area contributed by atoms with Gasteiger partial charge in [0.2, 0.25) is 0 Å². The maximum atomic E-state index is 5.84. The maximum absolute atomic E-state index is 5.84. The Labute approximate surface area is 95.6 Å². The molecule has 2 N–H and O–H groups in total. The van der Waals surface area contributed by atoms with Crippen molar-refractivity contribution < 1.29 is 4.52 Å². The van der Waals surface area contributed by atoms with Crippen LogP contribution in [0, 0.1) is 0 Å². The summed E-state index contributed by atoms with van der Waals surface area (Å²) in [4.78, 5) is 0.